The van der Waals surface area contributed by atoms with Crippen LogP contribution >= 0.6 is 0 Å². The average molecular weight is 1010 g/mol. The minimum absolute atomic E-state index is 0.0159. The highest BCUT2D eigenvalue weighted by atomic mass is 16.2. The summed E-state index contributed by atoms with van der Waals surface area (Å²) in [5.74, 6) is -7.20. The van der Waals surface area contributed by atoms with E-state index in [9.17, 15) is 43.2 Å². The maximum Gasteiger partial charge on any atom is 0.243 e. The number of nitrogens with zero attached hydrogens (tertiary/aromatic N) is 2. The van der Waals surface area contributed by atoms with Gasteiger partial charge in [-0.1, -0.05) is 68.8 Å². The molecule has 0 aliphatic carbocycles. The zero-order valence-electron chi connectivity index (χ0n) is 41.4. The fourth-order valence-corrected chi connectivity index (χ4v) is 7.71. The molecule has 2 aromatic carbocycles. The normalized spacial score (nSPS) is 20.2. The van der Waals surface area contributed by atoms with E-state index in [1.807, 2.05) is 24.3 Å². The molecule has 1 fully saturated rings. The number of hydrogen-bond acceptors (Lipinski definition) is 11. The van der Waals surface area contributed by atoms with Crippen molar-refractivity contribution in [2.75, 3.05) is 19.6 Å². The lowest BCUT2D eigenvalue weighted by Crippen LogP contribution is -2.60. The molecule has 24 heteroatoms. The Morgan fingerprint density at radius 2 is 1.44 bits per heavy atom. The number of aliphatic imine (C=N–C) groups is 1. The van der Waals surface area contributed by atoms with Gasteiger partial charge in [0.05, 0.1) is 19.3 Å². The van der Waals surface area contributed by atoms with E-state index in [-0.39, 0.29) is 70.4 Å². The number of primary amides is 1. The Balaban J connectivity index is 0.00000375. The van der Waals surface area contributed by atoms with Crippen molar-refractivity contribution in [2.45, 2.75) is 121 Å². The Bertz CT molecular complexity index is 2510. The number of nitrogens with two attached hydrogens (primary N) is 3. The second-order valence-corrected chi connectivity index (χ2v) is 17.5. The Morgan fingerprint density at radius 1 is 0.767 bits per heavy atom. The lowest BCUT2D eigenvalue weighted by Gasteiger charge is -2.26. The number of benzene rings is 2. The van der Waals surface area contributed by atoms with Gasteiger partial charge in [0, 0.05) is 68.3 Å². The molecule has 4 aromatic rings. The van der Waals surface area contributed by atoms with Gasteiger partial charge in [0.1, 0.15) is 36.3 Å². The number of amides is 9. The van der Waals surface area contributed by atoms with Crippen LogP contribution in [0.25, 0.3) is 10.9 Å². The Labute approximate surface area is 422 Å². The number of hydrogen-bond donors (Lipinski definition) is 13. The van der Waals surface area contributed by atoms with Crippen LogP contribution < -0.4 is 59.7 Å². The second-order valence-electron chi connectivity index (χ2n) is 17.5. The van der Waals surface area contributed by atoms with Crippen molar-refractivity contribution in [3.8, 4) is 0 Å². The highest BCUT2D eigenvalue weighted by Crippen LogP contribution is 2.19. The van der Waals surface area contributed by atoms with Gasteiger partial charge in [0.15, 0.2) is 5.96 Å². The van der Waals surface area contributed by atoms with Crippen LogP contribution in [-0.4, -0.2) is 130 Å². The summed E-state index contributed by atoms with van der Waals surface area (Å²) in [7, 11) is 0. The van der Waals surface area contributed by atoms with E-state index < -0.39 is 102 Å². The van der Waals surface area contributed by atoms with Gasteiger partial charge in [-0.3, -0.25) is 48.1 Å². The highest BCUT2D eigenvalue weighted by Gasteiger charge is 2.34. The SMILES string of the molecule is CC(=O)N[C@@H](CCCN=C(N)N)C(=O)NC1CC(=O)NCCCCC(C(N)=O)NC(=O)[C@H](Cc2c[nH]c3ccccc23)NC(=O)CNC(=O)C(Cc2ccccc2)NC(=O)[C@H](Cc2cnc[nH]2)NC1=O.CCC. The topological polar surface area (TPSA) is 385 Å². The lowest BCUT2D eigenvalue weighted by atomic mass is 10.0. The maximum atomic E-state index is 14.4. The van der Waals surface area contributed by atoms with Crippen LogP contribution in [0.1, 0.15) is 82.5 Å². The zero-order valence-corrected chi connectivity index (χ0v) is 41.4. The van der Waals surface area contributed by atoms with Crippen molar-refractivity contribution in [3.63, 3.8) is 0 Å². The summed E-state index contributed by atoms with van der Waals surface area (Å²) in [5, 5.41) is 21.7. The van der Waals surface area contributed by atoms with E-state index in [0.29, 0.717) is 16.8 Å². The van der Waals surface area contributed by atoms with Crippen LogP contribution in [0, 0.1) is 0 Å². The maximum absolute atomic E-state index is 14.4. The van der Waals surface area contributed by atoms with E-state index in [1.165, 1.54) is 25.9 Å². The van der Waals surface area contributed by atoms with Crippen LogP contribution in [0.3, 0.4) is 0 Å². The van der Waals surface area contributed by atoms with Crippen LogP contribution in [0.15, 0.2) is 78.3 Å². The Kier molecular flexibility index (Phi) is 23.4. The fourth-order valence-electron chi connectivity index (χ4n) is 7.71. The van der Waals surface area contributed by atoms with Crippen LogP contribution in [0.2, 0.25) is 0 Å². The van der Waals surface area contributed by atoms with Gasteiger partial charge in [-0.25, -0.2) is 4.98 Å². The van der Waals surface area contributed by atoms with Gasteiger partial charge in [-0.2, -0.15) is 0 Å². The molecule has 5 rings (SSSR count). The molecule has 6 atom stereocenters. The molecular formula is C49H69N15O9. The summed E-state index contributed by atoms with van der Waals surface area (Å²) < 4.78 is 0. The van der Waals surface area contributed by atoms with E-state index in [0.717, 1.165) is 10.9 Å². The Hall–Kier alpha value is -8.31. The molecule has 1 aliphatic rings. The summed E-state index contributed by atoms with van der Waals surface area (Å²) >= 11 is 0. The lowest BCUT2D eigenvalue weighted by molar-refractivity contribution is -0.136. The van der Waals surface area contributed by atoms with Gasteiger partial charge in [0.25, 0.3) is 0 Å². The number of carbonyl (C=O) groups is 9. The first kappa shape index (κ1) is 57.3. The smallest absolute Gasteiger partial charge is 0.243 e. The predicted molar refractivity (Wildman–Crippen MR) is 271 cm³/mol. The number of aromatic amines is 2. The monoisotopic (exact) mass is 1010 g/mol. The third kappa shape index (κ3) is 19.8. The summed E-state index contributed by atoms with van der Waals surface area (Å²) in [4.78, 5) is 136. The standard InChI is InChI=1S/C46H61N15O9.C3H8/c1-26(62)56-33(15-9-17-52-46(48)49)42(67)61-37-21-38(63)51-16-8-7-14-32(40(47)65)58-43(68)35(19-28-22-53-31-13-6-5-12-30(28)31)57-39(64)24-54-41(66)34(18-27-10-3-2-4-11-27)59-44(69)36(60-45(37)70)20-29-23-50-25-55-29;1-3-2/h2-6,10-13,22-23,25,32-37,53H,7-9,14-21,24H2,1H3,(H2,47,65)(H,50,55)(H,51,63)(H,54,66)(H,56,62)(H,57,64)(H,58,68)(H,59,69)(H,60,70)(H,61,67)(H4,48,49,52);3H2,1-2H3/t32?,33-,34?,35-,36-,37?;/m0./s1. The van der Waals surface area contributed by atoms with Crippen molar-refractivity contribution in [3.05, 3.63) is 90.1 Å². The molecule has 0 saturated carbocycles. The van der Waals surface area contributed by atoms with Crippen molar-refractivity contribution < 1.29 is 43.2 Å². The minimum atomic E-state index is -1.62. The molecule has 1 saturated heterocycles. The third-order valence-corrected chi connectivity index (χ3v) is 11.3. The molecule has 3 unspecified atom stereocenters. The first-order chi connectivity index (χ1) is 35.0. The van der Waals surface area contributed by atoms with E-state index in [4.69, 9.17) is 17.2 Å². The highest BCUT2D eigenvalue weighted by molar-refractivity contribution is 5.98. The molecule has 73 heavy (non-hydrogen) atoms. The van der Waals surface area contributed by atoms with E-state index in [1.54, 1.807) is 36.5 Å². The minimum Gasteiger partial charge on any atom is -0.370 e. The number of rotatable bonds is 14. The van der Waals surface area contributed by atoms with E-state index in [2.05, 4.69) is 76.3 Å². The van der Waals surface area contributed by atoms with Crippen molar-refractivity contribution >= 4 is 70.0 Å². The first-order valence-corrected chi connectivity index (χ1v) is 24.2. The van der Waals surface area contributed by atoms with Gasteiger partial charge in [-0.15, -0.1) is 0 Å². The van der Waals surface area contributed by atoms with E-state index >= 15 is 0 Å². The quantitative estimate of drug-likeness (QED) is 0.0395. The summed E-state index contributed by atoms with van der Waals surface area (Å²) in [6, 6.07) is 8.00. The van der Waals surface area contributed by atoms with Gasteiger partial charge in [0.2, 0.25) is 53.2 Å². The van der Waals surface area contributed by atoms with Crippen molar-refractivity contribution in [2.24, 2.45) is 22.2 Å². The number of aromatic nitrogens is 3. The fraction of sp³-hybridized carbons (Fsp3) is 0.449. The molecule has 0 radical (unpaired) electrons. The second kappa shape index (κ2) is 29.8. The van der Waals surface area contributed by atoms with Crippen molar-refractivity contribution in [1.29, 1.82) is 0 Å². The Morgan fingerprint density at radius 3 is 2.12 bits per heavy atom. The van der Waals surface area contributed by atoms with Gasteiger partial charge < -0.3 is 69.7 Å². The summed E-state index contributed by atoms with van der Waals surface area (Å²) in [6.07, 6.45) is 5.70. The number of fused-ring (bicyclic) bond motifs is 1. The zero-order chi connectivity index (χ0) is 53.3. The molecule has 9 amide bonds. The predicted octanol–water partition coefficient (Wildman–Crippen LogP) is -1.39. The molecule has 2 aromatic heterocycles. The number of para-hydroxylation sites is 1. The molecular weight excluding hydrogens is 943 g/mol. The number of nitrogens with one attached hydrogen (secondary N) is 10. The largest absolute Gasteiger partial charge is 0.370 e. The molecule has 16 N–H and O–H groups in total. The molecule has 3 heterocycles. The number of guanidine groups is 1. The molecule has 0 bridgehead atoms. The third-order valence-electron chi connectivity index (χ3n) is 11.3. The molecule has 0 spiro atoms. The number of carbonyl (C=O) groups excluding carboxylic acids is 9. The van der Waals surface area contributed by atoms with Crippen molar-refractivity contribution in [1.82, 2.24) is 57.5 Å². The first-order valence-electron chi connectivity index (χ1n) is 24.2. The summed E-state index contributed by atoms with van der Waals surface area (Å²) in [6.45, 7) is 4.97. The summed E-state index contributed by atoms with van der Waals surface area (Å²) in [5.41, 5.74) is 19.1. The number of H-pyrrole nitrogens is 2. The molecule has 394 valence electrons. The van der Waals surface area contributed by atoms with Crippen LogP contribution in [0.4, 0.5) is 0 Å². The average Bonchev–Trinajstić information content (AvgIpc) is 4.03. The van der Waals surface area contributed by atoms with Gasteiger partial charge >= 0.3 is 0 Å². The van der Waals surface area contributed by atoms with Gasteiger partial charge in [-0.05, 0) is 49.3 Å². The van der Waals surface area contributed by atoms with Crippen LogP contribution in [0.5, 0.6) is 0 Å². The molecule has 24 nitrogen and oxygen atoms in total. The van der Waals surface area contributed by atoms with Crippen LogP contribution in [-0.2, 0) is 62.4 Å². The number of imidazole rings is 1. The molecule has 1 aliphatic heterocycles.